The molecule has 5 nitrogen and oxygen atoms in total. The Hall–Kier alpha value is -2.30. The molecule has 5 heteroatoms. The van der Waals surface area contributed by atoms with E-state index in [1.165, 1.54) is 18.2 Å². The van der Waals surface area contributed by atoms with Gasteiger partial charge < -0.3 is 14.3 Å². The van der Waals surface area contributed by atoms with Gasteiger partial charge in [-0.2, -0.15) is 0 Å². The number of phenolic OH excluding ortho intramolecular Hbond substituents is 1. The first kappa shape index (κ1) is 11.2. The van der Waals surface area contributed by atoms with Crippen LogP contribution in [0.4, 0.5) is 0 Å². The van der Waals surface area contributed by atoms with Gasteiger partial charge in [-0.05, 0) is 19.1 Å². The summed E-state index contributed by atoms with van der Waals surface area (Å²) in [5.41, 5.74) is 0.453. The zero-order chi connectivity index (χ0) is 12.4. The normalized spacial score (nSPS) is 10.4. The molecule has 0 saturated heterocycles. The predicted molar refractivity (Wildman–Crippen MR) is 59.2 cm³/mol. The second kappa shape index (κ2) is 4.29. The third-order valence-corrected chi connectivity index (χ3v) is 2.30. The van der Waals surface area contributed by atoms with E-state index in [9.17, 15) is 14.7 Å². The van der Waals surface area contributed by atoms with Gasteiger partial charge >= 0.3 is 5.97 Å². The minimum absolute atomic E-state index is 0.0357. The number of hydrogen-bond donors (Lipinski definition) is 1. The third-order valence-electron chi connectivity index (χ3n) is 2.30. The monoisotopic (exact) mass is 234 g/mol. The van der Waals surface area contributed by atoms with E-state index in [0.29, 0.717) is 17.2 Å². The Morgan fingerprint density at radius 3 is 2.94 bits per heavy atom. The molecule has 1 N–H and O–H groups in total. The lowest BCUT2D eigenvalue weighted by Gasteiger charge is -1.96. The Balaban J connectivity index is 2.59. The molecule has 1 aromatic carbocycles. The molecule has 2 rings (SSSR count). The molecule has 2 aromatic rings. The molecule has 88 valence electrons. The lowest BCUT2D eigenvalue weighted by atomic mass is 10.1. The summed E-state index contributed by atoms with van der Waals surface area (Å²) < 4.78 is 9.94. The molecular formula is C12H10O5. The number of aromatic hydroxyl groups is 1. The molecule has 1 aromatic heterocycles. The van der Waals surface area contributed by atoms with Gasteiger partial charge in [0.15, 0.2) is 17.6 Å². The average Bonchev–Trinajstić information content (AvgIpc) is 2.76. The van der Waals surface area contributed by atoms with Crippen LogP contribution < -0.4 is 0 Å². The number of aldehydes is 1. The van der Waals surface area contributed by atoms with Gasteiger partial charge in [0.25, 0.3) is 0 Å². The van der Waals surface area contributed by atoms with Gasteiger partial charge in [0, 0.05) is 17.0 Å². The lowest BCUT2D eigenvalue weighted by molar-refractivity contribution is 0.0492. The summed E-state index contributed by atoms with van der Waals surface area (Å²) in [6.45, 7) is 1.90. The van der Waals surface area contributed by atoms with E-state index in [0.717, 1.165) is 0 Å². The lowest BCUT2D eigenvalue weighted by Crippen LogP contribution is -2.02. The van der Waals surface area contributed by atoms with Crippen molar-refractivity contribution in [1.82, 2.24) is 0 Å². The Morgan fingerprint density at radius 1 is 1.53 bits per heavy atom. The zero-order valence-electron chi connectivity index (χ0n) is 9.10. The van der Waals surface area contributed by atoms with Crippen molar-refractivity contribution in [3.8, 4) is 5.75 Å². The van der Waals surface area contributed by atoms with Gasteiger partial charge in [-0.1, -0.05) is 0 Å². The molecule has 0 atom stereocenters. The fraction of sp³-hybridized carbons (Fsp3) is 0.167. The third kappa shape index (κ3) is 1.87. The topological polar surface area (TPSA) is 76.7 Å². The number of rotatable bonds is 3. The van der Waals surface area contributed by atoms with Crippen LogP contribution in [0, 0.1) is 0 Å². The number of carbonyl (C=O) groups excluding carboxylic acids is 2. The highest BCUT2D eigenvalue weighted by molar-refractivity contribution is 6.02. The number of fused-ring (bicyclic) bond motifs is 1. The van der Waals surface area contributed by atoms with Crippen molar-refractivity contribution >= 4 is 23.2 Å². The second-order valence-corrected chi connectivity index (χ2v) is 3.37. The van der Waals surface area contributed by atoms with Crippen LogP contribution >= 0.6 is 0 Å². The summed E-state index contributed by atoms with van der Waals surface area (Å²) in [4.78, 5) is 22.2. The number of carbonyl (C=O) groups is 2. The molecular weight excluding hydrogens is 224 g/mol. The summed E-state index contributed by atoms with van der Waals surface area (Å²) in [7, 11) is 0. The van der Waals surface area contributed by atoms with Crippen LogP contribution in [0.25, 0.3) is 11.0 Å². The van der Waals surface area contributed by atoms with E-state index in [1.54, 1.807) is 6.92 Å². The summed E-state index contributed by atoms with van der Waals surface area (Å²) >= 11 is 0. The first-order chi connectivity index (χ1) is 8.17. The van der Waals surface area contributed by atoms with Crippen LogP contribution in [0.15, 0.2) is 22.6 Å². The first-order valence-electron chi connectivity index (χ1n) is 5.05. The molecule has 0 aliphatic carbocycles. The van der Waals surface area contributed by atoms with Crippen LogP contribution in [0.2, 0.25) is 0 Å². The summed E-state index contributed by atoms with van der Waals surface area (Å²) in [6, 6.07) is 4.18. The van der Waals surface area contributed by atoms with E-state index in [-0.39, 0.29) is 23.7 Å². The van der Waals surface area contributed by atoms with Crippen LogP contribution in [0.1, 0.15) is 27.8 Å². The molecule has 0 amide bonds. The number of phenols is 1. The number of hydrogen-bond acceptors (Lipinski definition) is 5. The van der Waals surface area contributed by atoms with Crippen molar-refractivity contribution in [2.75, 3.05) is 6.61 Å². The minimum atomic E-state index is -0.625. The van der Waals surface area contributed by atoms with Crippen molar-refractivity contribution in [3.05, 3.63) is 29.5 Å². The first-order valence-corrected chi connectivity index (χ1v) is 5.05. The summed E-state index contributed by atoms with van der Waals surface area (Å²) in [6.07, 6.45) is 0.631. The van der Waals surface area contributed by atoms with E-state index < -0.39 is 5.97 Å². The van der Waals surface area contributed by atoms with Gasteiger partial charge in [-0.3, -0.25) is 4.79 Å². The molecule has 0 unspecified atom stereocenters. The largest absolute Gasteiger partial charge is 0.504 e. The highest BCUT2D eigenvalue weighted by Crippen LogP contribution is 2.30. The van der Waals surface area contributed by atoms with E-state index in [4.69, 9.17) is 9.15 Å². The molecule has 0 fully saturated rings. The second-order valence-electron chi connectivity index (χ2n) is 3.37. The molecule has 0 saturated carbocycles. The maximum Gasteiger partial charge on any atom is 0.374 e. The SMILES string of the molecule is CCOC(=O)c1cc2c(C=O)ccc(O)c2o1. The minimum Gasteiger partial charge on any atom is -0.504 e. The molecule has 0 bridgehead atoms. The van der Waals surface area contributed by atoms with E-state index in [1.807, 2.05) is 0 Å². The van der Waals surface area contributed by atoms with Crippen molar-refractivity contribution in [2.24, 2.45) is 0 Å². The average molecular weight is 234 g/mol. The van der Waals surface area contributed by atoms with Gasteiger partial charge in [0.05, 0.1) is 6.61 Å². The summed E-state index contributed by atoms with van der Waals surface area (Å²) in [5, 5.41) is 9.95. The van der Waals surface area contributed by atoms with Crippen LogP contribution in [-0.2, 0) is 4.74 Å². The fourth-order valence-electron chi connectivity index (χ4n) is 1.54. The molecule has 0 aliphatic heterocycles. The van der Waals surface area contributed by atoms with Gasteiger partial charge in [-0.15, -0.1) is 0 Å². The van der Waals surface area contributed by atoms with Crippen molar-refractivity contribution < 1.29 is 23.8 Å². The fourth-order valence-corrected chi connectivity index (χ4v) is 1.54. The Kier molecular flexibility index (Phi) is 2.82. The van der Waals surface area contributed by atoms with Crippen LogP contribution in [0.5, 0.6) is 5.75 Å². The van der Waals surface area contributed by atoms with Crippen molar-refractivity contribution in [3.63, 3.8) is 0 Å². The Bertz CT molecular complexity index is 582. The molecule has 0 radical (unpaired) electrons. The van der Waals surface area contributed by atoms with Gasteiger partial charge in [0.2, 0.25) is 5.76 Å². The quantitative estimate of drug-likeness (QED) is 0.650. The number of ether oxygens (including phenoxy) is 1. The highest BCUT2D eigenvalue weighted by atomic mass is 16.5. The van der Waals surface area contributed by atoms with Gasteiger partial charge in [-0.25, -0.2) is 4.79 Å². The van der Waals surface area contributed by atoms with E-state index in [2.05, 4.69) is 0 Å². The maximum atomic E-state index is 11.4. The van der Waals surface area contributed by atoms with Crippen LogP contribution in [-0.4, -0.2) is 24.0 Å². The van der Waals surface area contributed by atoms with Crippen LogP contribution in [0.3, 0.4) is 0 Å². The predicted octanol–water partition coefficient (Wildman–Crippen LogP) is 2.13. The zero-order valence-corrected chi connectivity index (χ0v) is 9.10. The van der Waals surface area contributed by atoms with Gasteiger partial charge in [0.1, 0.15) is 0 Å². The number of benzene rings is 1. The molecule has 0 spiro atoms. The maximum absolute atomic E-state index is 11.4. The number of furan rings is 1. The van der Waals surface area contributed by atoms with Crippen molar-refractivity contribution in [1.29, 1.82) is 0 Å². The standard InChI is InChI=1S/C12H10O5/c1-2-16-12(15)10-5-8-7(6-13)3-4-9(14)11(8)17-10/h3-6,14H,2H2,1H3. The Morgan fingerprint density at radius 2 is 2.29 bits per heavy atom. The number of esters is 1. The van der Waals surface area contributed by atoms with E-state index >= 15 is 0 Å². The van der Waals surface area contributed by atoms with Crippen molar-refractivity contribution in [2.45, 2.75) is 6.92 Å². The Labute approximate surface area is 96.6 Å². The smallest absolute Gasteiger partial charge is 0.374 e. The molecule has 17 heavy (non-hydrogen) atoms. The molecule has 0 aliphatic rings. The summed E-state index contributed by atoms with van der Waals surface area (Å²) in [5.74, 6) is -0.785. The highest BCUT2D eigenvalue weighted by Gasteiger charge is 2.17. The molecule has 1 heterocycles.